The fourth-order valence-corrected chi connectivity index (χ4v) is 3.23. The Morgan fingerprint density at radius 2 is 1.77 bits per heavy atom. The minimum Gasteiger partial charge on any atom is -0.493 e. The van der Waals surface area contributed by atoms with Crippen molar-refractivity contribution in [3.8, 4) is 22.8 Å². The second-order valence-corrected chi connectivity index (χ2v) is 7.32. The van der Waals surface area contributed by atoms with Gasteiger partial charge in [0.25, 0.3) is 5.56 Å². The molecule has 0 aliphatic heterocycles. The van der Waals surface area contributed by atoms with Crippen molar-refractivity contribution in [1.29, 1.82) is 0 Å². The number of anilines is 1. The Kier molecular flexibility index (Phi) is 7.07. The maximum Gasteiger partial charge on any atom is 0.266 e. The molecule has 0 aliphatic rings. The third-order valence-electron chi connectivity index (χ3n) is 4.99. The molecule has 0 fully saturated rings. The number of methoxy groups -OCH3 is 2. The van der Waals surface area contributed by atoms with E-state index in [1.165, 1.54) is 10.7 Å². The summed E-state index contributed by atoms with van der Waals surface area (Å²) < 4.78 is 12.0. The van der Waals surface area contributed by atoms with Crippen LogP contribution in [0.25, 0.3) is 11.3 Å². The van der Waals surface area contributed by atoms with E-state index < -0.39 is 0 Å². The van der Waals surface area contributed by atoms with Crippen molar-refractivity contribution >= 4 is 11.6 Å². The summed E-state index contributed by atoms with van der Waals surface area (Å²) in [5.41, 5.74) is 4.15. The maximum atomic E-state index is 12.3. The van der Waals surface area contributed by atoms with Gasteiger partial charge in [0.05, 0.1) is 19.9 Å². The van der Waals surface area contributed by atoms with Crippen molar-refractivity contribution in [1.82, 2.24) is 9.78 Å². The lowest BCUT2D eigenvalue weighted by Crippen LogP contribution is -2.23. The highest BCUT2D eigenvalue weighted by Crippen LogP contribution is 2.31. The van der Waals surface area contributed by atoms with Crippen LogP contribution in [-0.2, 0) is 11.3 Å². The molecular formula is C24H27N3O4. The number of hydrogen-bond donors (Lipinski definition) is 1. The van der Waals surface area contributed by atoms with Crippen LogP contribution >= 0.6 is 0 Å². The second kappa shape index (κ2) is 9.93. The molecule has 0 atom stereocenters. The van der Waals surface area contributed by atoms with Gasteiger partial charge < -0.3 is 14.8 Å². The standard InChI is InChI=1S/C24H27N3O4/c1-16-7-8-17(2)20(14-16)25-23(28)6-5-13-27-24(29)12-10-19(26-27)18-9-11-21(30-3)22(15-18)31-4/h7-12,14-15H,5-6,13H2,1-4H3,(H,25,28). The van der Waals surface area contributed by atoms with Crippen LogP contribution in [0.15, 0.2) is 53.3 Å². The summed E-state index contributed by atoms with van der Waals surface area (Å²) in [6, 6.07) is 14.6. The Morgan fingerprint density at radius 1 is 1.00 bits per heavy atom. The van der Waals surface area contributed by atoms with Gasteiger partial charge in [0.15, 0.2) is 11.5 Å². The number of hydrogen-bond acceptors (Lipinski definition) is 5. The Labute approximate surface area is 181 Å². The number of benzene rings is 2. The second-order valence-electron chi connectivity index (χ2n) is 7.32. The van der Waals surface area contributed by atoms with Gasteiger partial charge in [-0.25, -0.2) is 4.68 Å². The number of rotatable bonds is 8. The SMILES string of the molecule is COc1ccc(-c2ccc(=O)n(CCCC(=O)Nc3cc(C)ccc3C)n2)cc1OC. The summed E-state index contributed by atoms with van der Waals surface area (Å²) in [6.45, 7) is 4.29. The Hall–Kier alpha value is -3.61. The normalized spacial score (nSPS) is 10.6. The van der Waals surface area contributed by atoms with Crippen LogP contribution in [0.2, 0.25) is 0 Å². The molecule has 3 rings (SSSR count). The Morgan fingerprint density at radius 3 is 2.52 bits per heavy atom. The lowest BCUT2D eigenvalue weighted by molar-refractivity contribution is -0.116. The highest BCUT2D eigenvalue weighted by Gasteiger charge is 2.10. The molecule has 1 N–H and O–H groups in total. The minimum atomic E-state index is -0.209. The fraction of sp³-hybridized carbons (Fsp3) is 0.292. The van der Waals surface area contributed by atoms with Crippen molar-refractivity contribution in [2.45, 2.75) is 33.2 Å². The number of aryl methyl sites for hydroxylation is 3. The van der Waals surface area contributed by atoms with E-state index >= 15 is 0 Å². The third-order valence-corrected chi connectivity index (χ3v) is 4.99. The van der Waals surface area contributed by atoms with Crippen molar-refractivity contribution in [3.05, 3.63) is 70.0 Å². The van der Waals surface area contributed by atoms with E-state index in [-0.39, 0.29) is 11.5 Å². The zero-order valence-electron chi connectivity index (χ0n) is 18.3. The van der Waals surface area contributed by atoms with Gasteiger partial charge in [0, 0.05) is 30.3 Å². The smallest absolute Gasteiger partial charge is 0.266 e. The van der Waals surface area contributed by atoms with Gasteiger partial charge in [-0.3, -0.25) is 9.59 Å². The molecule has 0 spiro atoms. The van der Waals surface area contributed by atoms with E-state index in [4.69, 9.17) is 9.47 Å². The Balaban J connectivity index is 1.67. The number of carbonyl (C=O) groups is 1. The molecule has 0 saturated carbocycles. The highest BCUT2D eigenvalue weighted by molar-refractivity contribution is 5.91. The van der Waals surface area contributed by atoms with Crippen molar-refractivity contribution in [2.75, 3.05) is 19.5 Å². The first-order chi connectivity index (χ1) is 14.9. The third kappa shape index (κ3) is 5.51. The molecule has 0 radical (unpaired) electrons. The van der Waals surface area contributed by atoms with Crippen molar-refractivity contribution in [3.63, 3.8) is 0 Å². The van der Waals surface area contributed by atoms with Crippen LogP contribution in [-0.4, -0.2) is 29.9 Å². The van der Waals surface area contributed by atoms with Crippen LogP contribution < -0.4 is 20.3 Å². The number of carbonyl (C=O) groups excluding carboxylic acids is 1. The molecule has 162 valence electrons. The molecule has 0 unspecified atom stereocenters. The fourth-order valence-electron chi connectivity index (χ4n) is 3.23. The predicted octanol–water partition coefficient (Wildman–Crippen LogP) is 3.96. The largest absolute Gasteiger partial charge is 0.493 e. The van der Waals surface area contributed by atoms with Gasteiger partial charge in [-0.05, 0) is 61.7 Å². The summed E-state index contributed by atoms with van der Waals surface area (Å²) in [4.78, 5) is 24.6. The van der Waals surface area contributed by atoms with Gasteiger partial charge in [-0.1, -0.05) is 12.1 Å². The zero-order valence-corrected chi connectivity index (χ0v) is 18.3. The van der Waals surface area contributed by atoms with Gasteiger partial charge in [-0.15, -0.1) is 0 Å². The van der Waals surface area contributed by atoms with Crippen molar-refractivity contribution in [2.24, 2.45) is 0 Å². The molecule has 2 aromatic carbocycles. The van der Waals surface area contributed by atoms with Gasteiger partial charge in [0.2, 0.25) is 5.91 Å². The first kappa shape index (κ1) is 22.1. The van der Waals surface area contributed by atoms with Gasteiger partial charge in [-0.2, -0.15) is 5.10 Å². The van der Waals surface area contributed by atoms with E-state index in [2.05, 4.69) is 10.4 Å². The van der Waals surface area contributed by atoms with Crippen LogP contribution in [0.1, 0.15) is 24.0 Å². The molecule has 1 heterocycles. The summed E-state index contributed by atoms with van der Waals surface area (Å²) in [5.74, 6) is 1.12. The minimum absolute atomic E-state index is 0.0854. The number of ether oxygens (including phenoxy) is 2. The molecule has 0 bridgehead atoms. The van der Waals surface area contributed by atoms with E-state index in [1.54, 1.807) is 26.4 Å². The van der Waals surface area contributed by atoms with E-state index in [0.29, 0.717) is 36.6 Å². The van der Waals surface area contributed by atoms with Crippen molar-refractivity contribution < 1.29 is 14.3 Å². The first-order valence-corrected chi connectivity index (χ1v) is 10.1. The zero-order chi connectivity index (χ0) is 22.4. The predicted molar refractivity (Wildman–Crippen MR) is 121 cm³/mol. The first-order valence-electron chi connectivity index (χ1n) is 10.1. The molecule has 3 aromatic rings. The average molecular weight is 421 g/mol. The molecular weight excluding hydrogens is 394 g/mol. The lowest BCUT2D eigenvalue weighted by Gasteiger charge is -2.11. The molecule has 1 amide bonds. The number of nitrogens with zero attached hydrogens (tertiary/aromatic N) is 2. The Bertz CT molecular complexity index is 1140. The maximum absolute atomic E-state index is 12.3. The van der Waals surface area contributed by atoms with Gasteiger partial charge >= 0.3 is 0 Å². The van der Waals surface area contributed by atoms with Gasteiger partial charge in [0.1, 0.15) is 0 Å². The summed E-state index contributed by atoms with van der Waals surface area (Å²) >= 11 is 0. The van der Waals surface area contributed by atoms with E-state index in [0.717, 1.165) is 22.4 Å². The quantitative estimate of drug-likeness (QED) is 0.595. The molecule has 7 nitrogen and oxygen atoms in total. The van der Waals surface area contributed by atoms with E-state index in [9.17, 15) is 9.59 Å². The monoisotopic (exact) mass is 421 g/mol. The number of aromatic nitrogens is 2. The molecule has 0 aliphatic carbocycles. The number of amides is 1. The summed E-state index contributed by atoms with van der Waals surface area (Å²) in [7, 11) is 3.14. The van der Waals surface area contributed by atoms with Crippen LogP contribution in [0, 0.1) is 13.8 Å². The molecule has 7 heteroatoms. The number of nitrogens with one attached hydrogen (secondary N) is 1. The topological polar surface area (TPSA) is 82.5 Å². The molecule has 0 saturated heterocycles. The van der Waals surface area contributed by atoms with E-state index in [1.807, 2.05) is 44.2 Å². The molecule has 31 heavy (non-hydrogen) atoms. The summed E-state index contributed by atoms with van der Waals surface area (Å²) in [6.07, 6.45) is 0.793. The summed E-state index contributed by atoms with van der Waals surface area (Å²) in [5, 5.41) is 7.40. The highest BCUT2D eigenvalue weighted by atomic mass is 16.5. The van der Waals surface area contributed by atoms with Crippen LogP contribution in [0.3, 0.4) is 0 Å². The molecule has 1 aromatic heterocycles. The lowest BCUT2D eigenvalue weighted by atomic mass is 10.1. The van der Waals surface area contributed by atoms with Crippen LogP contribution in [0.5, 0.6) is 11.5 Å². The van der Waals surface area contributed by atoms with Crippen LogP contribution in [0.4, 0.5) is 5.69 Å². The average Bonchev–Trinajstić information content (AvgIpc) is 2.77.